The topological polar surface area (TPSA) is 92.8 Å². The lowest BCUT2D eigenvalue weighted by Gasteiger charge is -2.29. The summed E-state index contributed by atoms with van der Waals surface area (Å²) in [5.74, 6) is -0.589. The van der Waals surface area contributed by atoms with E-state index in [1.165, 1.54) is 41.7 Å². The molecule has 0 bridgehead atoms. The molecule has 0 aromatic heterocycles. The van der Waals surface area contributed by atoms with Crippen molar-refractivity contribution in [3.8, 4) is 0 Å². The molecular formula is C22H25ClN2O5S. The molecule has 9 heteroatoms. The summed E-state index contributed by atoms with van der Waals surface area (Å²) in [6, 6.07) is 8.90. The first-order valence-electron chi connectivity index (χ1n) is 9.93. The highest BCUT2D eigenvalue weighted by molar-refractivity contribution is 7.89. The molecule has 1 N–H and O–H groups in total. The number of esters is 1. The lowest BCUT2D eigenvalue weighted by molar-refractivity contribution is 0.0600. The fourth-order valence-electron chi connectivity index (χ4n) is 3.44. The molecule has 2 aromatic rings. The van der Waals surface area contributed by atoms with Crippen molar-refractivity contribution in [3.05, 3.63) is 58.1 Å². The number of nitrogens with one attached hydrogen (secondary N) is 1. The van der Waals surface area contributed by atoms with Crippen LogP contribution in [0.3, 0.4) is 0 Å². The first kappa shape index (κ1) is 23.2. The van der Waals surface area contributed by atoms with Crippen LogP contribution in [-0.4, -0.2) is 44.8 Å². The molecular weight excluding hydrogens is 440 g/mol. The molecule has 1 aliphatic heterocycles. The number of halogens is 1. The fraction of sp³-hybridized carbons (Fsp3) is 0.364. The highest BCUT2D eigenvalue weighted by atomic mass is 35.5. The number of benzene rings is 2. The lowest BCUT2D eigenvalue weighted by atomic mass is 10.0. The summed E-state index contributed by atoms with van der Waals surface area (Å²) < 4.78 is 32.3. The van der Waals surface area contributed by atoms with Crippen LogP contribution in [0.2, 0.25) is 5.02 Å². The van der Waals surface area contributed by atoms with Gasteiger partial charge in [0.1, 0.15) is 0 Å². The van der Waals surface area contributed by atoms with Gasteiger partial charge in [0.15, 0.2) is 0 Å². The zero-order valence-electron chi connectivity index (χ0n) is 17.6. The number of hydrogen-bond acceptors (Lipinski definition) is 5. The predicted octanol–water partition coefficient (Wildman–Crippen LogP) is 4.11. The van der Waals surface area contributed by atoms with E-state index in [1.807, 2.05) is 0 Å². The molecule has 1 saturated heterocycles. The predicted molar refractivity (Wildman–Crippen MR) is 119 cm³/mol. The van der Waals surface area contributed by atoms with Gasteiger partial charge in [0.25, 0.3) is 5.91 Å². The molecule has 0 unspecified atom stereocenters. The summed E-state index contributed by atoms with van der Waals surface area (Å²) >= 11 is 6.16. The number of amides is 1. The maximum Gasteiger partial charge on any atom is 0.337 e. The Labute approximate surface area is 187 Å². The standard InChI is InChI=1S/C22H25ClN2O5S/c1-14-8-10-25(11-9-14)31(28,29)17-6-4-15(2)18(13-17)21(26)24-20-12-16(22(27)30-3)5-7-19(20)23/h4-7,12-14H,8-11H2,1-3H3,(H,24,26). The van der Waals surface area contributed by atoms with E-state index in [0.717, 1.165) is 12.8 Å². The zero-order valence-corrected chi connectivity index (χ0v) is 19.2. The summed E-state index contributed by atoms with van der Waals surface area (Å²) in [4.78, 5) is 24.8. The number of nitrogens with zero attached hydrogens (tertiary/aromatic N) is 1. The highest BCUT2D eigenvalue weighted by Crippen LogP contribution is 2.27. The minimum Gasteiger partial charge on any atom is -0.465 e. The number of ether oxygens (including phenoxy) is 1. The van der Waals surface area contributed by atoms with E-state index in [1.54, 1.807) is 13.0 Å². The normalized spacial score (nSPS) is 15.5. The summed E-state index contributed by atoms with van der Waals surface area (Å²) in [5.41, 5.74) is 1.29. The Morgan fingerprint density at radius 2 is 1.81 bits per heavy atom. The number of rotatable bonds is 5. The zero-order chi connectivity index (χ0) is 22.8. The molecule has 1 heterocycles. The van der Waals surface area contributed by atoms with Gasteiger partial charge < -0.3 is 10.1 Å². The van der Waals surface area contributed by atoms with Crippen molar-refractivity contribution in [3.63, 3.8) is 0 Å². The first-order valence-corrected chi connectivity index (χ1v) is 11.8. The van der Waals surface area contributed by atoms with E-state index in [4.69, 9.17) is 16.3 Å². The van der Waals surface area contributed by atoms with Gasteiger partial charge in [0, 0.05) is 18.7 Å². The van der Waals surface area contributed by atoms with Crippen LogP contribution < -0.4 is 5.32 Å². The molecule has 1 aliphatic rings. The third-order valence-corrected chi connectivity index (χ3v) is 7.69. The molecule has 3 rings (SSSR count). The van der Waals surface area contributed by atoms with Crippen molar-refractivity contribution >= 4 is 39.2 Å². The number of aryl methyl sites for hydroxylation is 1. The molecule has 2 aromatic carbocycles. The Kier molecular flexibility index (Phi) is 7.03. The average molecular weight is 465 g/mol. The maximum absolute atomic E-state index is 13.1. The second-order valence-corrected chi connectivity index (χ2v) is 10.0. The van der Waals surface area contributed by atoms with Crippen LogP contribution in [-0.2, 0) is 14.8 Å². The summed E-state index contributed by atoms with van der Waals surface area (Å²) in [7, 11) is -2.44. The van der Waals surface area contributed by atoms with E-state index in [9.17, 15) is 18.0 Å². The third-order valence-electron chi connectivity index (χ3n) is 5.47. The van der Waals surface area contributed by atoms with E-state index in [0.29, 0.717) is 24.6 Å². The Bertz CT molecular complexity index is 1110. The molecule has 1 fully saturated rings. The van der Waals surface area contributed by atoms with Gasteiger partial charge in [-0.1, -0.05) is 24.6 Å². The van der Waals surface area contributed by atoms with E-state index >= 15 is 0 Å². The Balaban J connectivity index is 1.88. The molecule has 7 nitrogen and oxygen atoms in total. The number of hydrogen-bond donors (Lipinski definition) is 1. The second-order valence-electron chi connectivity index (χ2n) is 7.70. The molecule has 1 amide bonds. The monoisotopic (exact) mass is 464 g/mol. The fourth-order valence-corrected chi connectivity index (χ4v) is 5.10. The van der Waals surface area contributed by atoms with Crippen molar-refractivity contribution in [2.24, 2.45) is 5.92 Å². The van der Waals surface area contributed by atoms with E-state index < -0.39 is 21.9 Å². The second kappa shape index (κ2) is 9.38. The maximum atomic E-state index is 13.1. The van der Waals surface area contributed by atoms with Crippen LogP contribution in [0.4, 0.5) is 5.69 Å². The highest BCUT2D eigenvalue weighted by Gasteiger charge is 2.29. The van der Waals surface area contributed by atoms with Crippen molar-refractivity contribution in [1.29, 1.82) is 0 Å². The molecule has 0 saturated carbocycles. The van der Waals surface area contributed by atoms with Gasteiger partial charge in [-0.15, -0.1) is 0 Å². The van der Waals surface area contributed by atoms with Crippen LogP contribution in [0.15, 0.2) is 41.3 Å². The Morgan fingerprint density at radius 1 is 1.13 bits per heavy atom. The number of sulfonamides is 1. The van der Waals surface area contributed by atoms with Crippen molar-refractivity contribution in [1.82, 2.24) is 4.31 Å². The molecule has 0 radical (unpaired) electrons. The van der Waals surface area contributed by atoms with Gasteiger partial charge in [-0.25, -0.2) is 13.2 Å². The molecule has 0 spiro atoms. The van der Waals surface area contributed by atoms with Crippen molar-refractivity contribution < 1.29 is 22.7 Å². The van der Waals surface area contributed by atoms with Gasteiger partial charge in [-0.3, -0.25) is 4.79 Å². The summed E-state index contributed by atoms with van der Waals surface area (Å²) in [6.45, 7) is 4.77. The quantitative estimate of drug-likeness (QED) is 0.672. The van der Waals surface area contributed by atoms with Gasteiger partial charge in [0.2, 0.25) is 10.0 Å². The van der Waals surface area contributed by atoms with Crippen LogP contribution in [0, 0.1) is 12.8 Å². The summed E-state index contributed by atoms with van der Waals surface area (Å²) in [5, 5.41) is 2.90. The number of carbonyl (C=O) groups is 2. The molecule has 0 aliphatic carbocycles. The smallest absolute Gasteiger partial charge is 0.337 e. The minimum atomic E-state index is -3.69. The van der Waals surface area contributed by atoms with E-state index in [2.05, 4.69) is 12.2 Å². The molecule has 31 heavy (non-hydrogen) atoms. The number of carbonyl (C=O) groups excluding carboxylic acids is 2. The van der Waals surface area contributed by atoms with Gasteiger partial charge >= 0.3 is 5.97 Å². The first-order chi connectivity index (χ1) is 14.6. The van der Waals surface area contributed by atoms with Crippen LogP contribution in [0.25, 0.3) is 0 Å². The van der Waals surface area contributed by atoms with Crippen LogP contribution in [0.5, 0.6) is 0 Å². The number of methoxy groups -OCH3 is 1. The number of piperidine rings is 1. The van der Waals surface area contributed by atoms with Crippen LogP contribution in [0.1, 0.15) is 46.0 Å². The Hall–Kier alpha value is -2.42. The third kappa shape index (κ3) is 5.08. The molecule has 0 atom stereocenters. The van der Waals surface area contributed by atoms with Crippen LogP contribution >= 0.6 is 11.6 Å². The number of anilines is 1. The average Bonchev–Trinajstić information content (AvgIpc) is 2.75. The largest absolute Gasteiger partial charge is 0.465 e. The van der Waals surface area contributed by atoms with Gasteiger partial charge in [0.05, 0.1) is 28.3 Å². The van der Waals surface area contributed by atoms with E-state index in [-0.39, 0.29) is 26.7 Å². The summed E-state index contributed by atoms with van der Waals surface area (Å²) in [6.07, 6.45) is 1.63. The van der Waals surface area contributed by atoms with Gasteiger partial charge in [-0.2, -0.15) is 4.31 Å². The Morgan fingerprint density at radius 3 is 2.45 bits per heavy atom. The lowest BCUT2D eigenvalue weighted by Crippen LogP contribution is -2.38. The SMILES string of the molecule is COC(=O)c1ccc(Cl)c(NC(=O)c2cc(S(=O)(=O)N3CCC(C)CC3)ccc2C)c1. The van der Waals surface area contributed by atoms with Crippen molar-refractivity contribution in [2.45, 2.75) is 31.6 Å². The van der Waals surface area contributed by atoms with Gasteiger partial charge in [-0.05, 0) is 61.6 Å². The van der Waals surface area contributed by atoms with Crippen molar-refractivity contribution in [2.75, 3.05) is 25.5 Å². The minimum absolute atomic E-state index is 0.0761. The molecule has 166 valence electrons.